The van der Waals surface area contributed by atoms with Gasteiger partial charge in [-0.05, 0) is 25.0 Å². The van der Waals surface area contributed by atoms with Gasteiger partial charge in [0.05, 0.1) is 12.3 Å². The SMILES string of the molecule is COCCOc1ncccc1NC(=O)N1CCC(c2ccon2)CC1. The van der Waals surface area contributed by atoms with Gasteiger partial charge in [0.2, 0.25) is 5.88 Å². The molecule has 1 N–H and O–H groups in total. The van der Waals surface area contributed by atoms with Crippen molar-refractivity contribution in [2.75, 3.05) is 38.7 Å². The average molecular weight is 346 g/mol. The average Bonchev–Trinajstić information content (AvgIpc) is 3.18. The van der Waals surface area contributed by atoms with Gasteiger partial charge in [0.25, 0.3) is 0 Å². The molecule has 2 amide bonds. The first kappa shape index (κ1) is 17.2. The van der Waals surface area contributed by atoms with E-state index in [0.29, 0.717) is 43.8 Å². The molecule has 1 aliphatic heterocycles. The first-order valence-corrected chi connectivity index (χ1v) is 8.31. The Morgan fingerprint density at radius 1 is 1.36 bits per heavy atom. The maximum atomic E-state index is 12.5. The van der Waals surface area contributed by atoms with Gasteiger partial charge in [0.15, 0.2) is 0 Å². The highest BCUT2D eigenvalue weighted by Gasteiger charge is 2.25. The summed E-state index contributed by atoms with van der Waals surface area (Å²) in [5, 5.41) is 6.88. The molecule has 0 aliphatic carbocycles. The molecule has 3 heterocycles. The van der Waals surface area contributed by atoms with E-state index in [-0.39, 0.29) is 6.03 Å². The van der Waals surface area contributed by atoms with Crippen LogP contribution in [-0.4, -0.2) is 54.5 Å². The first-order chi connectivity index (χ1) is 12.3. The molecule has 8 heteroatoms. The number of nitrogens with one attached hydrogen (secondary N) is 1. The van der Waals surface area contributed by atoms with Crippen LogP contribution in [0.1, 0.15) is 24.5 Å². The number of ether oxygens (including phenoxy) is 2. The highest BCUT2D eigenvalue weighted by atomic mass is 16.5. The number of pyridine rings is 1. The number of amides is 2. The number of likely N-dealkylation sites (tertiary alicyclic amines) is 1. The molecule has 8 nitrogen and oxygen atoms in total. The summed E-state index contributed by atoms with van der Waals surface area (Å²) in [7, 11) is 1.60. The summed E-state index contributed by atoms with van der Waals surface area (Å²) in [6.45, 7) is 2.17. The van der Waals surface area contributed by atoms with Crippen LogP contribution in [0, 0.1) is 0 Å². The number of nitrogens with zero attached hydrogens (tertiary/aromatic N) is 3. The minimum Gasteiger partial charge on any atom is -0.474 e. The van der Waals surface area contributed by atoms with Crippen LogP contribution in [0.3, 0.4) is 0 Å². The third kappa shape index (κ3) is 4.48. The van der Waals surface area contributed by atoms with Crippen LogP contribution in [0.2, 0.25) is 0 Å². The lowest BCUT2D eigenvalue weighted by molar-refractivity contribution is 0.144. The van der Waals surface area contributed by atoms with Crippen molar-refractivity contribution in [1.29, 1.82) is 0 Å². The van der Waals surface area contributed by atoms with Crippen molar-refractivity contribution in [1.82, 2.24) is 15.0 Å². The number of rotatable bonds is 6. The quantitative estimate of drug-likeness (QED) is 0.808. The van der Waals surface area contributed by atoms with Crippen LogP contribution < -0.4 is 10.1 Å². The summed E-state index contributed by atoms with van der Waals surface area (Å²) >= 11 is 0. The van der Waals surface area contributed by atoms with E-state index in [4.69, 9.17) is 14.0 Å². The second-order valence-electron chi connectivity index (χ2n) is 5.81. The second-order valence-corrected chi connectivity index (χ2v) is 5.81. The zero-order valence-corrected chi connectivity index (χ0v) is 14.2. The maximum absolute atomic E-state index is 12.5. The van der Waals surface area contributed by atoms with Crippen molar-refractivity contribution < 1.29 is 18.8 Å². The molecule has 134 valence electrons. The highest BCUT2D eigenvalue weighted by Crippen LogP contribution is 2.27. The largest absolute Gasteiger partial charge is 0.474 e. The van der Waals surface area contributed by atoms with Gasteiger partial charge in [0, 0.05) is 38.4 Å². The number of piperidine rings is 1. The van der Waals surface area contributed by atoms with Crippen LogP contribution >= 0.6 is 0 Å². The Bertz CT molecular complexity index is 669. The topological polar surface area (TPSA) is 89.7 Å². The summed E-state index contributed by atoms with van der Waals surface area (Å²) in [5.74, 6) is 0.736. The fraction of sp³-hybridized carbons (Fsp3) is 0.471. The van der Waals surface area contributed by atoms with Crippen molar-refractivity contribution in [2.24, 2.45) is 0 Å². The Hall–Kier alpha value is -2.61. The summed E-state index contributed by atoms with van der Waals surface area (Å²) in [4.78, 5) is 18.5. The molecular formula is C17H22N4O4. The van der Waals surface area contributed by atoms with Crippen LogP contribution in [0.4, 0.5) is 10.5 Å². The zero-order chi connectivity index (χ0) is 17.5. The van der Waals surface area contributed by atoms with Crippen molar-refractivity contribution in [3.05, 3.63) is 36.4 Å². The fourth-order valence-corrected chi connectivity index (χ4v) is 2.83. The van der Waals surface area contributed by atoms with Crippen LogP contribution in [-0.2, 0) is 4.74 Å². The summed E-state index contributed by atoms with van der Waals surface area (Å²) in [6, 6.07) is 5.27. The summed E-state index contributed by atoms with van der Waals surface area (Å²) in [6.07, 6.45) is 4.94. The van der Waals surface area contributed by atoms with Gasteiger partial charge in [-0.15, -0.1) is 0 Å². The van der Waals surface area contributed by atoms with Crippen molar-refractivity contribution >= 4 is 11.7 Å². The molecule has 1 aliphatic rings. The standard InChI is InChI=1S/C17H22N4O4/c1-23-11-12-24-16-15(3-2-7-18-16)19-17(22)21-8-4-13(5-9-21)14-6-10-25-20-14/h2-3,6-7,10,13H,4-5,8-9,11-12H2,1H3,(H,19,22). The molecule has 0 aromatic carbocycles. The number of aromatic nitrogens is 2. The van der Waals surface area contributed by atoms with E-state index in [2.05, 4.69) is 15.5 Å². The summed E-state index contributed by atoms with van der Waals surface area (Å²) in [5.41, 5.74) is 1.52. The minimum absolute atomic E-state index is 0.150. The Kier molecular flexibility index (Phi) is 5.84. The molecule has 1 saturated heterocycles. The molecule has 0 unspecified atom stereocenters. The van der Waals surface area contributed by atoms with Crippen molar-refractivity contribution in [3.63, 3.8) is 0 Å². The number of carbonyl (C=O) groups excluding carboxylic acids is 1. The Morgan fingerprint density at radius 2 is 2.20 bits per heavy atom. The lowest BCUT2D eigenvalue weighted by Gasteiger charge is -2.31. The maximum Gasteiger partial charge on any atom is 0.321 e. The van der Waals surface area contributed by atoms with Gasteiger partial charge in [-0.2, -0.15) is 0 Å². The number of anilines is 1. The van der Waals surface area contributed by atoms with Gasteiger partial charge >= 0.3 is 6.03 Å². The molecule has 2 aromatic rings. The molecule has 25 heavy (non-hydrogen) atoms. The smallest absolute Gasteiger partial charge is 0.321 e. The molecule has 3 rings (SSSR count). The Labute approximate surface area is 146 Å². The molecule has 2 aromatic heterocycles. The van der Waals surface area contributed by atoms with E-state index in [9.17, 15) is 4.79 Å². The van der Waals surface area contributed by atoms with E-state index in [1.54, 1.807) is 36.6 Å². The number of hydrogen-bond donors (Lipinski definition) is 1. The predicted molar refractivity (Wildman–Crippen MR) is 90.7 cm³/mol. The molecule has 0 bridgehead atoms. The lowest BCUT2D eigenvalue weighted by atomic mass is 9.94. The van der Waals surface area contributed by atoms with Gasteiger partial charge in [-0.25, -0.2) is 9.78 Å². The second kappa shape index (κ2) is 8.48. The molecule has 0 saturated carbocycles. The van der Waals surface area contributed by atoms with E-state index in [0.717, 1.165) is 18.5 Å². The highest BCUT2D eigenvalue weighted by molar-refractivity contribution is 5.90. The number of methoxy groups -OCH3 is 1. The zero-order valence-electron chi connectivity index (χ0n) is 14.2. The minimum atomic E-state index is -0.150. The normalized spacial score (nSPS) is 15.2. The Balaban J connectivity index is 1.54. The van der Waals surface area contributed by atoms with Crippen molar-refractivity contribution in [2.45, 2.75) is 18.8 Å². The lowest BCUT2D eigenvalue weighted by Crippen LogP contribution is -2.40. The third-order valence-electron chi connectivity index (χ3n) is 4.20. The number of urea groups is 1. The van der Waals surface area contributed by atoms with Gasteiger partial charge < -0.3 is 24.2 Å². The first-order valence-electron chi connectivity index (χ1n) is 8.31. The molecule has 1 fully saturated rings. The fourth-order valence-electron chi connectivity index (χ4n) is 2.83. The monoisotopic (exact) mass is 346 g/mol. The van der Waals surface area contributed by atoms with E-state index in [1.807, 2.05) is 6.07 Å². The molecule has 0 atom stereocenters. The molecule has 0 spiro atoms. The van der Waals surface area contributed by atoms with Crippen LogP contribution in [0.15, 0.2) is 35.2 Å². The van der Waals surface area contributed by atoms with Gasteiger partial charge in [-0.1, -0.05) is 5.16 Å². The van der Waals surface area contributed by atoms with Crippen LogP contribution in [0.5, 0.6) is 5.88 Å². The Morgan fingerprint density at radius 3 is 2.92 bits per heavy atom. The van der Waals surface area contributed by atoms with Crippen LogP contribution in [0.25, 0.3) is 0 Å². The van der Waals surface area contributed by atoms with E-state index < -0.39 is 0 Å². The predicted octanol–water partition coefficient (Wildman–Crippen LogP) is 2.51. The van der Waals surface area contributed by atoms with Gasteiger partial charge in [-0.3, -0.25) is 0 Å². The van der Waals surface area contributed by atoms with Crippen molar-refractivity contribution in [3.8, 4) is 5.88 Å². The van der Waals surface area contributed by atoms with E-state index >= 15 is 0 Å². The van der Waals surface area contributed by atoms with E-state index in [1.165, 1.54) is 0 Å². The number of hydrogen-bond acceptors (Lipinski definition) is 6. The number of carbonyl (C=O) groups is 1. The van der Waals surface area contributed by atoms with Gasteiger partial charge in [0.1, 0.15) is 18.6 Å². The summed E-state index contributed by atoms with van der Waals surface area (Å²) < 4.78 is 15.4. The molecule has 0 radical (unpaired) electrons. The third-order valence-corrected chi connectivity index (χ3v) is 4.20. The molecular weight excluding hydrogens is 324 g/mol.